The summed E-state index contributed by atoms with van der Waals surface area (Å²) in [5, 5.41) is 3.12. The Morgan fingerprint density at radius 3 is 2.02 bits per heavy atom. The maximum atomic E-state index is 14.4. The van der Waals surface area contributed by atoms with Gasteiger partial charge in [0, 0.05) is 25.0 Å². The molecule has 4 aromatic carbocycles. The van der Waals surface area contributed by atoms with E-state index in [9.17, 15) is 18.0 Å². The molecule has 0 spiro atoms. The number of amides is 2. The molecule has 0 saturated heterocycles. The van der Waals surface area contributed by atoms with Gasteiger partial charge >= 0.3 is 0 Å². The van der Waals surface area contributed by atoms with Gasteiger partial charge in [0.15, 0.2) is 0 Å². The van der Waals surface area contributed by atoms with Gasteiger partial charge in [-0.25, -0.2) is 8.42 Å². The number of halogens is 1. The molecule has 0 radical (unpaired) electrons. The van der Waals surface area contributed by atoms with E-state index in [0.717, 1.165) is 26.6 Å². The Bertz CT molecular complexity index is 1670. The van der Waals surface area contributed by atoms with E-state index in [-0.39, 0.29) is 23.8 Å². The molecule has 1 atom stereocenters. The van der Waals surface area contributed by atoms with E-state index in [2.05, 4.69) is 5.32 Å². The minimum atomic E-state index is -4.17. The lowest BCUT2D eigenvalue weighted by molar-refractivity contribution is -0.139. The summed E-state index contributed by atoms with van der Waals surface area (Å²) >= 11 is 6.51. The molecule has 0 bridgehead atoms. The maximum Gasteiger partial charge on any atom is 0.264 e. The maximum absolute atomic E-state index is 14.4. The molecule has 1 N–H and O–H groups in total. The van der Waals surface area contributed by atoms with Crippen molar-refractivity contribution in [3.05, 3.63) is 130 Å². The van der Waals surface area contributed by atoms with Crippen LogP contribution in [0.2, 0.25) is 5.02 Å². The lowest BCUT2D eigenvalue weighted by Crippen LogP contribution is -2.53. The number of hydrogen-bond donors (Lipinski definition) is 1. The molecule has 0 aromatic heterocycles. The molecule has 0 aliphatic heterocycles. The molecular weight excluding hydrogens is 582 g/mol. The number of anilines is 1. The molecule has 2 amide bonds. The van der Waals surface area contributed by atoms with Crippen LogP contribution in [-0.2, 0) is 32.6 Å². The molecule has 0 fully saturated rings. The summed E-state index contributed by atoms with van der Waals surface area (Å²) in [6.45, 7) is 5.11. The van der Waals surface area contributed by atoms with E-state index in [1.165, 1.54) is 24.1 Å². The van der Waals surface area contributed by atoms with Crippen LogP contribution in [0, 0.1) is 20.8 Å². The summed E-state index contributed by atoms with van der Waals surface area (Å²) < 4.78 is 29.4. The van der Waals surface area contributed by atoms with Crippen molar-refractivity contribution in [3.63, 3.8) is 0 Å². The number of hydrogen-bond acceptors (Lipinski definition) is 4. The Balaban J connectivity index is 1.82. The number of carbonyl (C=O) groups is 2. The predicted molar refractivity (Wildman–Crippen MR) is 172 cm³/mol. The van der Waals surface area contributed by atoms with Gasteiger partial charge in [-0.15, -0.1) is 0 Å². The Morgan fingerprint density at radius 1 is 0.814 bits per heavy atom. The van der Waals surface area contributed by atoms with Gasteiger partial charge in [-0.05, 0) is 73.4 Å². The monoisotopic (exact) mass is 617 g/mol. The molecule has 0 aliphatic rings. The SMILES string of the molecule is CNC(=O)[C@@H](Cc1ccccc1)N(Cc1ccccc1Cl)C(=O)CN(c1cc(C)cc(C)c1)S(=O)(=O)c1ccc(C)cc1. The summed E-state index contributed by atoms with van der Waals surface area (Å²) in [6, 6.07) is 27.5. The fraction of sp³-hybridized carbons (Fsp3) is 0.235. The summed E-state index contributed by atoms with van der Waals surface area (Å²) in [7, 11) is -2.65. The Morgan fingerprint density at radius 2 is 1.42 bits per heavy atom. The number of likely N-dealkylation sites (N-methyl/N-ethyl adjacent to an activating group) is 1. The van der Waals surface area contributed by atoms with Crippen LogP contribution in [0.4, 0.5) is 5.69 Å². The highest BCUT2D eigenvalue weighted by molar-refractivity contribution is 7.92. The first-order valence-corrected chi connectivity index (χ1v) is 15.8. The fourth-order valence-electron chi connectivity index (χ4n) is 4.99. The number of nitrogens with one attached hydrogen (secondary N) is 1. The topological polar surface area (TPSA) is 86.8 Å². The van der Waals surface area contributed by atoms with Crippen LogP contribution in [0.15, 0.2) is 102 Å². The van der Waals surface area contributed by atoms with Crippen LogP contribution in [0.1, 0.15) is 27.8 Å². The smallest absolute Gasteiger partial charge is 0.264 e. The Kier molecular flexibility index (Phi) is 10.3. The molecular formula is C34H36ClN3O4S. The average molecular weight is 618 g/mol. The summed E-state index contributed by atoms with van der Waals surface area (Å²) in [5.74, 6) is -0.914. The van der Waals surface area contributed by atoms with Crippen molar-refractivity contribution in [2.24, 2.45) is 0 Å². The van der Waals surface area contributed by atoms with Crippen LogP contribution in [0.5, 0.6) is 0 Å². The number of carbonyl (C=O) groups excluding carboxylic acids is 2. The number of aryl methyl sites for hydroxylation is 3. The zero-order valence-corrected chi connectivity index (χ0v) is 26.3. The second-order valence-electron chi connectivity index (χ2n) is 10.6. The third-order valence-corrected chi connectivity index (χ3v) is 9.36. The third kappa shape index (κ3) is 7.83. The van der Waals surface area contributed by atoms with Crippen LogP contribution in [-0.4, -0.2) is 44.8 Å². The highest BCUT2D eigenvalue weighted by atomic mass is 35.5. The number of benzene rings is 4. The lowest BCUT2D eigenvalue weighted by Gasteiger charge is -2.34. The number of nitrogens with zero attached hydrogens (tertiary/aromatic N) is 2. The van der Waals surface area contributed by atoms with Crippen LogP contribution < -0.4 is 9.62 Å². The average Bonchev–Trinajstić information content (AvgIpc) is 2.98. The molecule has 224 valence electrons. The van der Waals surface area contributed by atoms with E-state index < -0.39 is 28.5 Å². The third-order valence-electron chi connectivity index (χ3n) is 7.20. The lowest BCUT2D eigenvalue weighted by atomic mass is 10.0. The van der Waals surface area contributed by atoms with Gasteiger partial charge in [0.25, 0.3) is 10.0 Å². The largest absolute Gasteiger partial charge is 0.357 e. The van der Waals surface area contributed by atoms with E-state index >= 15 is 0 Å². The van der Waals surface area contributed by atoms with Gasteiger partial charge in [-0.3, -0.25) is 13.9 Å². The van der Waals surface area contributed by atoms with Gasteiger partial charge in [-0.2, -0.15) is 0 Å². The summed E-state index contributed by atoms with van der Waals surface area (Å²) in [5.41, 5.74) is 4.47. The predicted octanol–water partition coefficient (Wildman–Crippen LogP) is 5.85. The quantitative estimate of drug-likeness (QED) is 0.229. The second-order valence-corrected chi connectivity index (χ2v) is 12.9. The van der Waals surface area contributed by atoms with E-state index in [0.29, 0.717) is 16.3 Å². The minimum Gasteiger partial charge on any atom is -0.357 e. The first-order valence-electron chi connectivity index (χ1n) is 14.0. The Labute approximate surface area is 259 Å². The molecule has 0 saturated carbocycles. The molecule has 0 unspecified atom stereocenters. The highest BCUT2D eigenvalue weighted by Crippen LogP contribution is 2.28. The first kappa shape index (κ1) is 31.8. The van der Waals surface area contributed by atoms with E-state index in [1.54, 1.807) is 48.5 Å². The second kappa shape index (κ2) is 13.9. The Hall–Kier alpha value is -4.14. The van der Waals surface area contributed by atoms with Crippen LogP contribution in [0.25, 0.3) is 0 Å². The van der Waals surface area contributed by atoms with Crippen molar-refractivity contribution in [2.45, 2.75) is 44.7 Å². The van der Waals surface area contributed by atoms with Gasteiger partial charge < -0.3 is 10.2 Å². The number of sulfonamides is 1. The molecule has 0 aliphatic carbocycles. The van der Waals surface area contributed by atoms with Gasteiger partial charge in [-0.1, -0.05) is 83.9 Å². The molecule has 7 nitrogen and oxygen atoms in total. The van der Waals surface area contributed by atoms with Gasteiger partial charge in [0.1, 0.15) is 12.6 Å². The fourth-order valence-corrected chi connectivity index (χ4v) is 6.58. The van der Waals surface area contributed by atoms with Gasteiger partial charge in [0.2, 0.25) is 11.8 Å². The zero-order valence-electron chi connectivity index (χ0n) is 24.7. The molecule has 0 heterocycles. The van der Waals surface area contributed by atoms with Crippen molar-refractivity contribution in [1.82, 2.24) is 10.2 Å². The molecule has 4 rings (SSSR count). The van der Waals surface area contributed by atoms with Crippen molar-refractivity contribution < 1.29 is 18.0 Å². The van der Waals surface area contributed by atoms with E-state index in [1.807, 2.05) is 57.2 Å². The zero-order chi connectivity index (χ0) is 31.1. The van der Waals surface area contributed by atoms with Crippen molar-refractivity contribution in [1.29, 1.82) is 0 Å². The van der Waals surface area contributed by atoms with E-state index in [4.69, 9.17) is 11.6 Å². The molecule has 43 heavy (non-hydrogen) atoms. The van der Waals surface area contributed by atoms with Crippen molar-refractivity contribution >= 4 is 39.1 Å². The van der Waals surface area contributed by atoms with Crippen molar-refractivity contribution in [2.75, 3.05) is 17.9 Å². The van der Waals surface area contributed by atoms with Crippen molar-refractivity contribution in [3.8, 4) is 0 Å². The molecule has 4 aromatic rings. The highest BCUT2D eigenvalue weighted by Gasteiger charge is 2.34. The van der Waals surface area contributed by atoms with Gasteiger partial charge in [0.05, 0.1) is 10.6 Å². The standard InChI is InChI=1S/C34H36ClN3O4S/c1-24-14-16-30(17-15-24)43(41,42)38(29-19-25(2)18-26(3)20-29)23-33(39)37(22-28-12-8-9-13-31(28)35)32(34(40)36-4)21-27-10-6-5-7-11-27/h5-20,32H,21-23H2,1-4H3,(H,36,40)/t32-/m1/s1. The molecule has 9 heteroatoms. The first-order chi connectivity index (χ1) is 20.5. The minimum absolute atomic E-state index is 0.00862. The van der Waals surface area contributed by atoms with Crippen LogP contribution >= 0.6 is 11.6 Å². The summed E-state index contributed by atoms with van der Waals surface area (Å²) in [4.78, 5) is 29.2. The van der Waals surface area contributed by atoms with Crippen LogP contribution in [0.3, 0.4) is 0 Å². The summed E-state index contributed by atoms with van der Waals surface area (Å²) in [6.07, 6.45) is 0.227. The number of rotatable bonds is 11. The normalized spacial score (nSPS) is 11.9.